The molecule has 0 saturated carbocycles. The van der Waals surface area contributed by atoms with E-state index >= 15 is 0 Å². The summed E-state index contributed by atoms with van der Waals surface area (Å²) in [4.78, 5) is 0. The fourth-order valence-electron chi connectivity index (χ4n) is 0.536. The maximum atomic E-state index is 5.87. The fraction of sp³-hybridized carbons (Fsp3) is 0.400. The van der Waals surface area contributed by atoms with Gasteiger partial charge in [0, 0.05) is 0 Å². The van der Waals surface area contributed by atoms with Crippen LogP contribution < -0.4 is 0 Å². The van der Waals surface area contributed by atoms with Crippen LogP contribution in [0.1, 0.15) is 20.8 Å². The highest BCUT2D eigenvalue weighted by molar-refractivity contribution is 6.43. The summed E-state index contributed by atoms with van der Waals surface area (Å²) < 4.78 is 0. The molecule has 0 amide bonds. The lowest BCUT2D eigenvalue weighted by molar-refractivity contribution is 0.795. The predicted molar refractivity (Wildman–Crippen MR) is 57.5 cm³/mol. The molecule has 0 saturated heterocycles. The maximum absolute atomic E-state index is 5.87. The molecule has 0 rings (SSSR count). The van der Waals surface area contributed by atoms with E-state index in [0.29, 0.717) is 16.0 Å². The van der Waals surface area contributed by atoms with E-state index in [-0.39, 0.29) is 0 Å². The number of allylic oxidation sites excluding steroid dienone is 5. The van der Waals surface area contributed by atoms with Crippen LogP contribution >= 0.6 is 23.2 Å². The highest BCUT2D eigenvalue weighted by Gasteiger charge is 2.00. The lowest BCUT2D eigenvalue weighted by atomic mass is 10.1. The Morgan fingerprint density at radius 2 is 1.75 bits per heavy atom. The van der Waals surface area contributed by atoms with Crippen molar-refractivity contribution in [1.29, 1.82) is 0 Å². The minimum Gasteiger partial charge on any atom is -0.0955 e. The summed E-state index contributed by atoms with van der Waals surface area (Å²) in [5.41, 5.74) is 0.986. The molecular weight excluding hydrogens is 191 g/mol. The van der Waals surface area contributed by atoms with Crippen LogP contribution in [0.4, 0.5) is 0 Å². The Labute approximate surface area is 84.6 Å². The van der Waals surface area contributed by atoms with Gasteiger partial charge in [0.1, 0.15) is 0 Å². The molecule has 0 nitrogen and oxygen atoms in total. The van der Waals surface area contributed by atoms with Gasteiger partial charge in [-0.3, -0.25) is 0 Å². The Kier molecular flexibility index (Phi) is 5.36. The van der Waals surface area contributed by atoms with Gasteiger partial charge >= 0.3 is 0 Å². The molecule has 0 aliphatic carbocycles. The lowest BCUT2D eigenvalue weighted by Crippen LogP contribution is -1.88. The fourth-order valence-corrected chi connectivity index (χ4v) is 0.840. The molecule has 12 heavy (non-hydrogen) atoms. The Bertz CT molecular complexity index is 222. The summed E-state index contributed by atoms with van der Waals surface area (Å²) in [5.74, 6) is 0.403. The molecule has 0 aromatic rings. The molecular formula is C10H14Cl2. The Morgan fingerprint density at radius 3 is 2.08 bits per heavy atom. The second-order valence-corrected chi connectivity index (χ2v) is 3.67. The van der Waals surface area contributed by atoms with E-state index in [2.05, 4.69) is 20.4 Å². The Hall–Kier alpha value is -0.200. The van der Waals surface area contributed by atoms with Crippen molar-refractivity contribution in [1.82, 2.24) is 0 Å². The molecule has 0 fully saturated rings. The molecule has 0 heterocycles. The van der Waals surface area contributed by atoms with Crippen LogP contribution in [-0.4, -0.2) is 0 Å². The monoisotopic (exact) mass is 204 g/mol. The minimum absolute atomic E-state index is 0.403. The van der Waals surface area contributed by atoms with Gasteiger partial charge in [-0.1, -0.05) is 55.3 Å². The quantitative estimate of drug-likeness (QED) is 0.596. The summed E-state index contributed by atoms with van der Waals surface area (Å²) in [6.07, 6.45) is 3.56. The van der Waals surface area contributed by atoms with Gasteiger partial charge in [-0.05, 0) is 18.9 Å². The van der Waals surface area contributed by atoms with Crippen molar-refractivity contribution in [2.45, 2.75) is 20.8 Å². The SMILES string of the molecule is C=C(/C=C(Cl)\C(Cl)=C/C)C(C)C. The molecule has 0 aromatic carbocycles. The zero-order valence-electron chi connectivity index (χ0n) is 7.70. The summed E-state index contributed by atoms with van der Waals surface area (Å²) >= 11 is 11.7. The van der Waals surface area contributed by atoms with Gasteiger partial charge in [-0.2, -0.15) is 0 Å². The zero-order chi connectivity index (χ0) is 9.72. The molecule has 0 atom stereocenters. The van der Waals surface area contributed by atoms with Gasteiger partial charge in [0.25, 0.3) is 0 Å². The van der Waals surface area contributed by atoms with E-state index in [1.807, 2.05) is 6.92 Å². The van der Waals surface area contributed by atoms with Crippen LogP contribution in [-0.2, 0) is 0 Å². The van der Waals surface area contributed by atoms with E-state index in [1.54, 1.807) is 12.2 Å². The Balaban J connectivity index is 4.47. The molecule has 0 aliphatic heterocycles. The maximum Gasteiger partial charge on any atom is 0.0591 e. The first-order chi connectivity index (χ1) is 5.49. The molecule has 0 spiro atoms. The summed E-state index contributed by atoms with van der Waals surface area (Å²) in [6, 6.07) is 0. The van der Waals surface area contributed by atoms with E-state index in [9.17, 15) is 0 Å². The van der Waals surface area contributed by atoms with Gasteiger partial charge < -0.3 is 0 Å². The van der Waals surface area contributed by atoms with Crippen LogP contribution in [0.25, 0.3) is 0 Å². The van der Waals surface area contributed by atoms with Gasteiger partial charge in [-0.15, -0.1) is 0 Å². The molecule has 0 aliphatic rings. The Morgan fingerprint density at radius 1 is 1.25 bits per heavy atom. The summed E-state index contributed by atoms with van der Waals surface area (Å²) in [7, 11) is 0. The van der Waals surface area contributed by atoms with Crippen molar-refractivity contribution in [2.24, 2.45) is 5.92 Å². The first-order valence-corrected chi connectivity index (χ1v) is 4.62. The normalized spacial score (nSPS) is 13.8. The first-order valence-electron chi connectivity index (χ1n) is 3.87. The van der Waals surface area contributed by atoms with Crippen molar-refractivity contribution >= 4 is 23.2 Å². The summed E-state index contributed by atoms with van der Waals surface area (Å²) in [6.45, 7) is 9.83. The van der Waals surface area contributed by atoms with Crippen LogP contribution in [0.2, 0.25) is 0 Å². The topological polar surface area (TPSA) is 0 Å². The standard InChI is InChI=1S/C10H14Cl2/c1-5-9(11)10(12)6-8(4)7(2)3/h5-7H,4H2,1-3H3/b9-5+,10-6+. The van der Waals surface area contributed by atoms with Crippen LogP contribution in [0.3, 0.4) is 0 Å². The van der Waals surface area contributed by atoms with E-state index in [1.165, 1.54) is 0 Å². The number of halogens is 2. The average molecular weight is 205 g/mol. The molecule has 0 aromatic heterocycles. The van der Waals surface area contributed by atoms with E-state index < -0.39 is 0 Å². The van der Waals surface area contributed by atoms with Crippen LogP contribution in [0.5, 0.6) is 0 Å². The molecule has 0 N–H and O–H groups in total. The van der Waals surface area contributed by atoms with Crippen LogP contribution in [0.15, 0.2) is 34.4 Å². The van der Waals surface area contributed by atoms with Crippen molar-refractivity contribution in [2.75, 3.05) is 0 Å². The number of rotatable bonds is 3. The average Bonchev–Trinajstić information content (AvgIpc) is 2.02. The molecule has 68 valence electrons. The van der Waals surface area contributed by atoms with Crippen molar-refractivity contribution in [3.05, 3.63) is 34.4 Å². The molecule has 0 unspecified atom stereocenters. The largest absolute Gasteiger partial charge is 0.0955 e. The van der Waals surface area contributed by atoms with Gasteiger partial charge in [0.2, 0.25) is 0 Å². The molecule has 0 bridgehead atoms. The third-order valence-corrected chi connectivity index (χ3v) is 2.37. The number of hydrogen-bond acceptors (Lipinski definition) is 0. The second-order valence-electron chi connectivity index (χ2n) is 2.86. The second kappa shape index (κ2) is 5.45. The lowest BCUT2D eigenvalue weighted by Gasteiger charge is -2.04. The number of hydrogen-bond donors (Lipinski definition) is 0. The van der Waals surface area contributed by atoms with Gasteiger partial charge in [0.15, 0.2) is 0 Å². The van der Waals surface area contributed by atoms with E-state index in [0.717, 1.165) is 5.57 Å². The highest BCUT2D eigenvalue weighted by atomic mass is 35.5. The van der Waals surface area contributed by atoms with Crippen molar-refractivity contribution < 1.29 is 0 Å². The third kappa shape index (κ3) is 3.99. The molecule has 2 heteroatoms. The van der Waals surface area contributed by atoms with Crippen molar-refractivity contribution in [3.8, 4) is 0 Å². The van der Waals surface area contributed by atoms with Gasteiger partial charge in [-0.25, -0.2) is 0 Å². The third-order valence-electron chi connectivity index (χ3n) is 1.54. The first kappa shape index (κ1) is 11.8. The minimum atomic E-state index is 0.403. The smallest absolute Gasteiger partial charge is 0.0591 e. The van der Waals surface area contributed by atoms with Gasteiger partial charge in [0.05, 0.1) is 10.1 Å². The van der Waals surface area contributed by atoms with Crippen LogP contribution in [0, 0.1) is 5.92 Å². The summed E-state index contributed by atoms with van der Waals surface area (Å²) in [5, 5.41) is 1.12. The predicted octanol–water partition coefficient (Wildman–Crippen LogP) is 4.46. The molecule has 0 radical (unpaired) electrons. The zero-order valence-corrected chi connectivity index (χ0v) is 9.21. The van der Waals surface area contributed by atoms with E-state index in [4.69, 9.17) is 23.2 Å². The van der Waals surface area contributed by atoms with Crippen molar-refractivity contribution in [3.63, 3.8) is 0 Å². The highest BCUT2D eigenvalue weighted by Crippen LogP contribution is 2.22.